The van der Waals surface area contributed by atoms with Crippen molar-refractivity contribution < 1.29 is 4.79 Å². The topological polar surface area (TPSA) is 107 Å². The van der Waals surface area contributed by atoms with Crippen molar-refractivity contribution in [1.29, 1.82) is 0 Å². The Hall–Kier alpha value is -2.54. The molecule has 0 saturated heterocycles. The van der Waals surface area contributed by atoms with E-state index in [0.717, 1.165) is 11.3 Å². The van der Waals surface area contributed by atoms with Crippen LogP contribution in [0.4, 0.5) is 11.5 Å². The van der Waals surface area contributed by atoms with E-state index in [1.165, 1.54) is 6.20 Å². The number of aryl methyl sites for hydroxylation is 1. The fraction of sp³-hybridized carbons (Fsp3) is 0.0769. The first-order valence-electron chi connectivity index (χ1n) is 5.77. The van der Waals surface area contributed by atoms with Crippen molar-refractivity contribution in [2.24, 2.45) is 11.5 Å². The number of anilines is 2. The van der Waals surface area contributed by atoms with Crippen molar-refractivity contribution in [3.05, 3.63) is 47.4 Å². The van der Waals surface area contributed by atoms with Crippen LogP contribution in [0.2, 0.25) is 0 Å². The SMILES string of the molecule is Cc1cccc(Nc2nc(C(N)=S)cnc2C(N)=O)c1. The number of rotatable bonds is 4. The Bertz CT molecular complexity index is 686. The summed E-state index contributed by atoms with van der Waals surface area (Å²) in [7, 11) is 0. The largest absolute Gasteiger partial charge is 0.388 e. The summed E-state index contributed by atoms with van der Waals surface area (Å²) in [5.74, 6) is -0.449. The summed E-state index contributed by atoms with van der Waals surface area (Å²) in [6.45, 7) is 1.96. The number of amides is 1. The van der Waals surface area contributed by atoms with Crippen LogP contribution in [0.25, 0.3) is 0 Å². The zero-order valence-electron chi connectivity index (χ0n) is 10.8. The Balaban J connectivity index is 2.44. The Kier molecular flexibility index (Phi) is 3.90. The van der Waals surface area contributed by atoms with Gasteiger partial charge in [-0.1, -0.05) is 24.4 Å². The molecule has 20 heavy (non-hydrogen) atoms. The predicted molar refractivity (Wildman–Crippen MR) is 80.9 cm³/mol. The van der Waals surface area contributed by atoms with Crippen LogP contribution in [0.5, 0.6) is 0 Å². The summed E-state index contributed by atoms with van der Waals surface area (Å²) in [6, 6.07) is 7.58. The van der Waals surface area contributed by atoms with Gasteiger partial charge in [-0.2, -0.15) is 0 Å². The molecule has 1 amide bonds. The smallest absolute Gasteiger partial charge is 0.271 e. The summed E-state index contributed by atoms with van der Waals surface area (Å²) < 4.78 is 0. The zero-order valence-corrected chi connectivity index (χ0v) is 11.6. The first-order chi connectivity index (χ1) is 9.47. The van der Waals surface area contributed by atoms with E-state index < -0.39 is 5.91 Å². The van der Waals surface area contributed by atoms with Gasteiger partial charge in [0.1, 0.15) is 10.7 Å². The molecule has 0 aliphatic carbocycles. The van der Waals surface area contributed by atoms with Gasteiger partial charge in [0.15, 0.2) is 11.5 Å². The number of hydrogen-bond donors (Lipinski definition) is 3. The maximum Gasteiger partial charge on any atom is 0.271 e. The van der Waals surface area contributed by atoms with Gasteiger partial charge in [0.05, 0.1) is 6.20 Å². The van der Waals surface area contributed by atoms with Crippen LogP contribution < -0.4 is 16.8 Å². The minimum Gasteiger partial charge on any atom is -0.388 e. The van der Waals surface area contributed by atoms with E-state index in [2.05, 4.69) is 15.3 Å². The molecule has 1 aromatic carbocycles. The molecule has 0 fully saturated rings. The first kappa shape index (κ1) is 13.9. The Morgan fingerprint density at radius 3 is 2.70 bits per heavy atom. The van der Waals surface area contributed by atoms with Crippen LogP contribution in [0.3, 0.4) is 0 Å². The zero-order chi connectivity index (χ0) is 14.7. The highest BCUT2D eigenvalue weighted by Gasteiger charge is 2.14. The molecule has 6 nitrogen and oxygen atoms in total. The molecule has 1 heterocycles. The Morgan fingerprint density at radius 1 is 1.35 bits per heavy atom. The van der Waals surface area contributed by atoms with Gasteiger partial charge in [-0.3, -0.25) is 4.79 Å². The summed E-state index contributed by atoms with van der Waals surface area (Å²) in [6.07, 6.45) is 1.32. The van der Waals surface area contributed by atoms with Crippen LogP contribution in [0.15, 0.2) is 30.5 Å². The van der Waals surface area contributed by atoms with Crippen molar-refractivity contribution in [3.8, 4) is 0 Å². The number of nitrogens with zero attached hydrogens (tertiary/aromatic N) is 2. The van der Waals surface area contributed by atoms with Crippen LogP contribution in [-0.2, 0) is 0 Å². The van der Waals surface area contributed by atoms with E-state index in [1.54, 1.807) is 0 Å². The average molecular weight is 287 g/mol. The minimum absolute atomic E-state index is 0.0338. The molecule has 1 aromatic heterocycles. The minimum atomic E-state index is -0.679. The van der Waals surface area contributed by atoms with Gasteiger partial charge >= 0.3 is 0 Å². The Morgan fingerprint density at radius 2 is 2.10 bits per heavy atom. The Labute approximate surface area is 121 Å². The molecule has 0 atom stereocenters. The van der Waals surface area contributed by atoms with Gasteiger partial charge in [-0.15, -0.1) is 0 Å². The van der Waals surface area contributed by atoms with Crippen LogP contribution in [0.1, 0.15) is 21.7 Å². The third kappa shape index (κ3) is 3.07. The number of primary amides is 1. The second kappa shape index (κ2) is 5.62. The molecule has 102 valence electrons. The molecule has 0 saturated carbocycles. The number of aromatic nitrogens is 2. The van der Waals surface area contributed by atoms with Crippen molar-refractivity contribution in [2.45, 2.75) is 6.92 Å². The summed E-state index contributed by atoms with van der Waals surface area (Å²) >= 11 is 4.85. The summed E-state index contributed by atoms with van der Waals surface area (Å²) in [5.41, 5.74) is 13.0. The highest BCUT2D eigenvalue weighted by atomic mass is 32.1. The molecular weight excluding hydrogens is 274 g/mol. The number of carbonyl (C=O) groups is 1. The third-order valence-electron chi connectivity index (χ3n) is 2.54. The third-order valence-corrected chi connectivity index (χ3v) is 2.75. The monoisotopic (exact) mass is 287 g/mol. The predicted octanol–water partition coefficient (Wildman–Crippen LogP) is 1.26. The quantitative estimate of drug-likeness (QED) is 0.731. The lowest BCUT2D eigenvalue weighted by molar-refractivity contribution is 0.0996. The van der Waals surface area contributed by atoms with Crippen molar-refractivity contribution >= 4 is 34.6 Å². The highest BCUT2D eigenvalue weighted by Crippen LogP contribution is 2.18. The number of carbonyl (C=O) groups excluding carboxylic acids is 1. The van der Waals surface area contributed by atoms with E-state index in [4.69, 9.17) is 23.7 Å². The highest BCUT2D eigenvalue weighted by molar-refractivity contribution is 7.80. The molecule has 2 rings (SSSR count). The van der Waals surface area contributed by atoms with Gasteiger partial charge in [0, 0.05) is 5.69 Å². The normalized spacial score (nSPS) is 10.1. The molecule has 0 unspecified atom stereocenters. The van der Waals surface area contributed by atoms with Crippen LogP contribution in [0, 0.1) is 6.92 Å². The fourth-order valence-corrected chi connectivity index (χ4v) is 1.73. The number of nitrogens with two attached hydrogens (primary N) is 2. The molecule has 0 spiro atoms. The molecule has 0 aliphatic heterocycles. The van der Waals surface area contributed by atoms with Crippen LogP contribution >= 0.6 is 12.2 Å². The van der Waals surface area contributed by atoms with Crippen molar-refractivity contribution in [1.82, 2.24) is 9.97 Å². The molecular formula is C13H13N5OS. The lowest BCUT2D eigenvalue weighted by atomic mass is 10.2. The van der Waals surface area contributed by atoms with E-state index >= 15 is 0 Å². The molecule has 0 radical (unpaired) electrons. The standard InChI is InChI=1S/C13H13N5OS/c1-7-3-2-4-8(5-7)17-13-10(11(14)19)16-6-9(18-13)12(15)20/h2-6H,1H3,(H2,14,19)(H2,15,20)(H,17,18). The fourth-order valence-electron chi connectivity index (χ4n) is 1.63. The number of nitrogens with one attached hydrogen (secondary N) is 1. The molecule has 7 heteroatoms. The number of hydrogen-bond acceptors (Lipinski definition) is 5. The molecule has 0 aliphatic rings. The second-order valence-corrected chi connectivity index (χ2v) is 4.62. The number of benzene rings is 1. The molecule has 5 N–H and O–H groups in total. The summed E-state index contributed by atoms with van der Waals surface area (Å²) in [5, 5.41) is 3.00. The van der Waals surface area contributed by atoms with E-state index in [-0.39, 0.29) is 16.5 Å². The van der Waals surface area contributed by atoms with Gasteiger partial charge in [0.2, 0.25) is 0 Å². The first-order valence-corrected chi connectivity index (χ1v) is 6.18. The molecule has 2 aromatic rings. The van der Waals surface area contributed by atoms with Gasteiger partial charge in [0.25, 0.3) is 5.91 Å². The average Bonchev–Trinajstić information content (AvgIpc) is 2.38. The molecule has 0 bridgehead atoms. The van der Waals surface area contributed by atoms with E-state index in [9.17, 15) is 4.79 Å². The maximum absolute atomic E-state index is 11.4. The maximum atomic E-state index is 11.4. The summed E-state index contributed by atoms with van der Waals surface area (Å²) in [4.78, 5) is 19.6. The van der Waals surface area contributed by atoms with Gasteiger partial charge in [-0.25, -0.2) is 9.97 Å². The van der Waals surface area contributed by atoms with Crippen LogP contribution in [-0.4, -0.2) is 20.9 Å². The van der Waals surface area contributed by atoms with E-state index in [0.29, 0.717) is 5.69 Å². The number of thiocarbonyl (C=S) groups is 1. The lowest BCUT2D eigenvalue weighted by Gasteiger charge is -2.10. The van der Waals surface area contributed by atoms with Gasteiger partial charge < -0.3 is 16.8 Å². The van der Waals surface area contributed by atoms with Crippen molar-refractivity contribution in [2.75, 3.05) is 5.32 Å². The second-order valence-electron chi connectivity index (χ2n) is 4.18. The van der Waals surface area contributed by atoms with E-state index in [1.807, 2.05) is 31.2 Å². The van der Waals surface area contributed by atoms with Gasteiger partial charge in [-0.05, 0) is 24.6 Å². The van der Waals surface area contributed by atoms with Crippen molar-refractivity contribution in [3.63, 3.8) is 0 Å². The lowest BCUT2D eigenvalue weighted by Crippen LogP contribution is -2.19.